The second kappa shape index (κ2) is 12.6. The van der Waals surface area contributed by atoms with Crippen LogP contribution in [0.5, 0.6) is 11.5 Å². The summed E-state index contributed by atoms with van der Waals surface area (Å²) in [7, 11) is 4.69. The number of halogens is 2. The molecule has 2 atom stereocenters. The van der Waals surface area contributed by atoms with Crippen LogP contribution in [0.25, 0.3) is 22.0 Å². The topological polar surface area (TPSA) is 95.0 Å². The number of rotatable bonds is 11. The molecule has 38 heavy (non-hydrogen) atoms. The highest BCUT2D eigenvalue weighted by Gasteiger charge is 2.34. The van der Waals surface area contributed by atoms with Gasteiger partial charge in [-0.25, -0.2) is 9.97 Å². The molecule has 202 valence electrons. The molecule has 1 N–H and O–H groups in total. The molecule has 11 heteroatoms. The lowest BCUT2D eigenvalue weighted by Crippen LogP contribution is -2.38. The number of hydrogen-bond acceptors (Lipinski definition) is 8. The minimum Gasteiger partial charge on any atom is -0.495 e. The molecule has 1 amide bonds. The van der Waals surface area contributed by atoms with E-state index in [2.05, 4.69) is 21.9 Å². The molecular weight excluding hydrogens is 531 g/mol. The van der Waals surface area contributed by atoms with Crippen LogP contribution in [-0.4, -0.2) is 80.6 Å². The first kappa shape index (κ1) is 27.9. The molecular formula is C27H30Cl2N4O5. The Bertz CT molecular complexity index is 1290. The standard InChI is InChI=1S/C27H30Cl2N4O5/c1-5-23(34)33-14-18(11-19(33)15-38-9-8-35-2)31-27-30-13-17-10-16(6-7-20(17)32-27)24-25(28)21(36-3)12-22(37-4)26(24)29/h5-7,10,12-13,18-19H,1,8-9,11,14-15H2,2-4H3,(H,30,31,32)/t18-,19-/m0/s1. The average Bonchev–Trinajstić information content (AvgIpc) is 3.33. The molecule has 1 fully saturated rings. The van der Waals surface area contributed by atoms with Crippen LogP contribution < -0.4 is 14.8 Å². The maximum atomic E-state index is 12.4. The predicted octanol–water partition coefficient (Wildman–Crippen LogP) is 4.85. The van der Waals surface area contributed by atoms with Crippen molar-refractivity contribution < 1.29 is 23.7 Å². The Labute approximate surface area is 231 Å². The van der Waals surface area contributed by atoms with Gasteiger partial charge in [0.25, 0.3) is 0 Å². The SMILES string of the molecule is C=CC(=O)N1C[C@@H](Nc2ncc3cc(-c4c(Cl)c(OC)cc(OC)c4Cl)ccc3n2)C[C@H]1COCCOC. The quantitative estimate of drug-likeness (QED) is 0.262. The number of fused-ring (bicyclic) bond motifs is 1. The number of benzene rings is 2. The molecule has 2 heterocycles. The van der Waals surface area contributed by atoms with Crippen molar-refractivity contribution in [2.45, 2.75) is 18.5 Å². The zero-order chi connectivity index (χ0) is 27.2. The second-order valence-electron chi connectivity index (χ2n) is 8.74. The first-order chi connectivity index (χ1) is 18.4. The van der Waals surface area contributed by atoms with Crippen molar-refractivity contribution in [3.8, 4) is 22.6 Å². The molecule has 3 aromatic rings. The van der Waals surface area contributed by atoms with E-state index < -0.39 is 0 Å². The highest BCUT2D eigenvalue weighted by atomic mass is 35.5. The van der Waals surface area contributed by atoms with E-state index >= 15 is 0 Å². The van der Waals surface area contributed by atoms with Crippen LogP contribution in [0.4, 0.5) is 5.95 Å². The smallest absolute Gasteiger partial charge is 0.246 e. The Morgan fingerprint density at radius 1 is 1.16 bits per heavy atom. The minimum atomic E-state index is -0.131. The third-order valence-corrected chi connectivity index (χ3v) is 7.14. The second-order valence-corrected chi connectivity index (χ2v) is 9.50. The van der Waals surface area contributed by atoms with Gasteiger partial charge in [-0.3, -0.25) is 4.79 Å². The van der Waals surface area contributed by atoms with Crippen molar-refractivity contribution in [2.24, 2.45) is 0 Å². The summed E-state index contributed by atoms with van der Waals surface area (Å²) in [6, 6.07) is 7.22. The molecule has 0 unspecified atom stereocenters. The number of anilines is 1. The Balaban J connectivity index is 1.54. The molecule has 1 aliphatic rings. The number of amides is 1. The van der Waals surface area contributed by atoms with Gasteiger partial charge in [0, 0.05) is 42.9 Å². The van der Waals surface area contributed by atoms with E-state index in [1.807, 2.05) is 18.2 Å². The lowest BCUT2D eigenvalue weighted by molar-refractivity contribution is -0.128. The number of carbonyl (C=O) groups excluding carboxylic acids is 1. The Kier molecular flexibility index (Phi) is 9.27. The third kappa shape index (κ3) is 5.96. The van der Waals surface area contributed by atoms with Crippen molar-refractivity contribution in [3.63, 3.8) is 0 Å². The van der Waals surface area contributed by atoms with E-state index in [0.29, 0.717) is 65.8 Å². The van der Waals surface area contributed by atoms with E-state index in [1.165, 1.54) is 20.3 Å². The summed E-state index contributed by atoms with van der Waals surface area (Å²) < 4.78 is 21.5. The van der Waals surface area contributed by atoms with Crippen LogP contribution in [0.3, 0.4) is 0 Å². The number of likely N-dealkylation sites (tertiary alicyclic amines) is 1. The number of carbonyl (C=O) groups is 1. The van der Waals surface area contributed by atoms with Crippen LogP contribution in [-0.2, 0) is 14.3 Å². The highest BCUT2D eigenvalue weighted by Crippen LogP contribution is 2.46. The summed E-state index contributed by atoms with van der Waals surface area (Å²) in [6.45, 7) is 5.51. The third-order valence-electron chi connectivity index (χ3n) is 6.39. The summed E-state index contributed by atoms with van der Waals surface area (Å²) in [4.78, 5) is 23.4. The molecule has 9 nitrogen and oxygen atoms in total. The average molecular weight is 561 g/mol. The number of aromatic nitrogens is 2. The van der Waals surface area contributed by atoms with E-state index in [-0.39, 0.29) is 18.0 Å². The lowest BCUT2D eigenvalue weighted by atomic mass is 10.0. The molecule has 1 aliphatic heterocycles. The fourth-order valence-electron chi connectivity index (χ4n) is 4.51. The summed E-state index contributed by atoms with van der Waals surface area (Å²) >= 11 is 13.2. The number of ether oxygens (including phenoxy) is 4. The van der Waals surface area contributed by atoms with Crippen molar-refractivity contribution in [2.75, 3.05) is 53.0 Å². The van der Waals surface area contributed by atoms with Gasteiger partial charge >= 0.3 is 0 Å². The summed E-state index contributed by atoms with van der Waals surface area (Å²) in [5.74, 6) is 1.26. The van der Waals surface area contributed by atoms with Gasteiger partial charge in [-0.05, 0) is 30.2 Å². The van der Waals surface area contributed by atoms with Crippen LogP contribution in [0.1, 0.15) is 6.42 Å². The molecule has 0 radical (unpaired) electrons. The van der Waals surface area contributed by atoms with E-state index in [9.17, 15) is 4.79 Å². The first-order valence-corrected chi connectivity index (χ1v) is 12.8. The van der Waals surface area contributed by atoms with Crippen LogP contribution in [0, 0.1) is 0 Å². The number of nitrogens with zero attached hydrogens (tertiary/aromatic N) is 3. The maximum absolute atomic E-state index is 12.4. The zero-order valence-corrected chi connectivity index (χ0v) is 23.0. The van der Waals surface area contributed by atoms with Crippen molar-refractivity contribution in [3.05, 3.63) is 53.2 Å². The van der Waals surface area contributed by atoms with E-state index in [0.717, 1.165) is 16.5 Å². The summed E-state index contributed by atoms with van der Waals surface area (Å²) in [5, 5.41) is 4.94. The van der Waals surface area contributed by atoms with Crippen LogP contribution in [0.15, 0.2) is 43.1 Å². The van der Waals surface area contributed by atoms with Gasteiger partial charge in [0.1, 0.15) is 11.5 Å². The molecule has 0 saturated carbocycles. The Morgan fingerprint density at radius 2 is 1.89 bits per heavy atom. The zero-order valence-electron chi connectivity index (χ0n) is 21.5. The molecule has 1 saturated heterocycles. The predicted molar refractivity (Wildman–Crippen MR) is 149 cm³/mol. The number of nitrogens with one attached hydrogen (secondary N) is 1. The van der Waals surface area contributed by atoms with Crippen molar-refractivity contribution >= 4 is 46.0 Å². The summed E-state index contributed by atoms with van der Waals surface area (Å²) in [6.07, 6.45) is 3.76. The van der Waals surface area contributed by atoms with Gasteiger partial charge < -0.3 is 29.2 Å². The highest BCUT2D eigenvalue weighted by molar-refractivity contribution is 6.41. The van der Waals surface area contributed by atoms with Gasteiger partial charge in [-0.1, -0.05) is 35.8 Å². The van der Waals surface area contributed by atoms with Gasteiger partial charge in [0.2, 0.25) is 11.9 Å². The molecule has 4 rings (SSSR count). The Hall–Kier alpha value is -3.11. The van der Waals surface area contributed by atoms with Gasteiger partial charge in [-0.15, -0.1) is 0 Å². The lowest BCUT2D eigenvalue weighted by Gasteiger charge is -2.22. The Morgan fingerprint density at radius 3 is 2.55 bits per heavy atom. The van der Waals surface area contributed by atoms with Gasteiger partial charge in [-0.2, -0.15) is 0 Å². The summed E-state index contributed by atoms with van der Waals surface area (Å²) in [5.41, 5.74) is 2.12. The minimum absolute atomic E-state index is 0.0338. The van der Waals surface area contributed by atoms with Crippen molar-refractivity contribution in [1.29, 1.82) is 0 Å². The van der Waals surface area contributed by atoms with E-state index in [1.54, 1.807) is 24.3 Å². The fourth-order valence-corrected chi connectivity index (χ4v) is 5.23. The van der Waals surface area contributed by atoms with Crippen LogP contribution in [0.2, 0.25) is 10.0 Å². The van der Waals surface area contributed by atoms with Crippen LogP contribution >= 0.6 is 23.2 Å². The van der Waals surface area contributed by atoms with E-state index in [4.69, 9.17) is 42.1 Å². The largest absolute Gasteiger partial charge is 0.495 e. The fraction of sp³-hybridized carbons (Fsp3) is 0.370. The van der Waals surface area contributed by atoms with Gasteiger partial charge in [0.05, 0.1) is 55.6 Å². The molecule has 1 aromatic heterocycles. The molecule has 2 aromatic carbocycles. The maximum Gasteiger partial charge on any atom is 0.246 e. The first-order valence-electron chi connectivity index (χ1n) is 12.0. The molecule has 0 aliphatic carbocycles. The number of methoxy groups -OCH3 is 3. The monoisotopic (exact) mass is 560 g/mol. The normalized spacial score (nSPS) is 17.0. The molecule has 0 bridgehead atoms. The van der Waals surface area contributed by atoms with Gasteiger partial charge in [0.15, 0.2) is 0 Å². The molecule has 0 spiro atoms. The van der Waals surface area contributed by atoms with Crippen molar-refractivity contribution in [1.82, 2.24) is 14.9 Å². The number of hydrogen-bond donors (Lipinski definition) is 1.